The maximum Gasteiger partial charge on any atom is 0.353 e. The number of carboxylic acid groups (broad SMARTS) is 2. The number of fused-ring (bicyclic) bond motifs is 1. The predicted molar refractivity (Wildman–Crippen MR) is 57.7 cm³/mol. The second-order valence-electron chi connectivity index (χ2n) is 3.76. The first-order valence-electron chi connectivity index (χ1n) is 4.85. The molecule has 92 valence electrons. The molecule has 0 bridgehead atoms. The van der Waals surface area contributed by atoms with Crippen molar-refractivity contribution in [2.75, 3.05) is 0 Å². The lowest BCUT2D eigenvalue weighted by Gasteiger charge is -2.33. The summed E-state index contributed by atoms with van der Waals surface area (Å²) in [4.78, 5) is 34.3. The van der Waals surface area contributed by atoms with Gasteiger partial charge >= 0.3 is 11.9 Å². The lowest BCUT2D eigenvalue weighted by molar-refractivity contribution is -0.145. The lowest BCUT2D eigenvalue weighted by atomic mass is 10.1. The minimum atomic E-state index is -1.25. The van der Waals surface area contributed by atoms with E-state index in [1.165, 1.54) is 16.7 Å². The largest absolute Gasteiger partial charge is 0.481 e. The molecule has 7 nitrogen and oxygen atoms in total. The number of thioether (sulfide) groups is 1. The normalized spacial score (nSPS) is 24.4. The van der Waals surface area contributed by atoms with Crippen LogP contribution in [-0.2, 0) is 14.4 Å². The van der Waals surface area contributed by atoms with Crippen LogP contribution in [0.2, 0.25) is 0 Å². The van der Waals surface area contributed by atoms with Crippen LogP contribution in [0.4, 0.5) is 0 Å². The summed E-state index contributed by atoms with van der Waals surface area (Å²) in [5.74, 6) is -2.61. The van der Waals surface area contributed by atoms with Crippen LogP contribution in [0, 0.1) is 0 Å². The Balaban J connectivity index is 2.28. The van der Waals surface area contributed by atoms with Crippen molar-refractivity contribution in [1.29, 1.82) is 0 Å². The maximum atomic E-state index is 11.3. The number of rotatable bonds is 4. The van der Waals surface area contributed by atoms with Crippen molar-refractivity contribution in [2.45, 2.75) is 24.3 Å². The van der Waals surface area contributed by atoms with Gasteiger partial charge in [-0.25, -0.2) is 4.79 Å². The highest BCUT2D eigenvalue weighted by molar-refractivity contribution is 8.04. The van der Waals surface area contributed by atoms with Crippen LogP contribution >= 0.6 is 11.8 Å². The van der Waals surface area contributed by atoms with Crippen LogP contribution < -0.4 is 5.73 Å². The summed E-state index contributed by atoms with van der Waals surface area (Å²) < 4.78 is 0. The van der Waals surface area contributed by atoms with Gasteiger partial charge < -0.3 is 15.9 Å². The Labute approximate surface area is 100 Å². The van der Waals surface area contributed by atoms with Gasteiger partial charge in [-0.1, -0.05) is 0 Å². The molecule has 1 saturated heterocycles. The van der Waals surface area contributed by atoms with Gasteiger partial charge in [-0.2, -0.15) is 0 Å². The van der Waals surface area contributed by atoms with Crippen molar-refractivity contribution in [1.82, 2.24) is 4.90 Å². The van der Waals surface area contributed by atoms with E-state index >= 15 is 0 Å². The Bertz CT molecular complexity index is 447. The zero-order valence-electron chi connectivity index (χ0n) is 8.62. The minimum absolute atomic E-state index is 0.162. The molecule has 0 aromatic carbocycles. The highest BCUT2D eigenvalue weighted by Gasteiger charge is 2.49. The highest BCUT2D eigenvalue weighted by atomic mass is 32.2. The van der Waals surface area contributed by atoms with Gasteiger partial charge in [0.15, 0.2) is 0 Å². The summed E-state index contributed by atoms with van der Waals surface area (Å²) in [6, 6.07) is -0.887. The van der Waals surface area contributed by atoms with Gasteiger partial charge in [0.05, 0.1) is 18.2 Å². The third kappa shape index (κ3) is 1.89. The molecule has 0 aromatic rings. The predicted octanol–water partition coefficient (Wildman–Crippen LogP) is -0.610. The lowest BCUT2D eigenvalue weighted by Crippen LogP contribution is -2.48. The van der Waals surface area contributed by atoms with E-state index in [0.717, 1.165) is 0 Å². The summed E-state index contributed by atoms with van der Waals surface area (Å²) >= 11 is 1.17. The molecule has 0 saturated carbocycles. The molecule has 0 spiro atoms. The quantitative estimate of drug-likeness (QED) is 0.575. The second kappa shape index (κ2) is 4.04. The van der Waals surface area contributed by atoms with E-state index in [2.05, 4.69) is 0 Å². The number of hydrogen-bond donors (Lipinski definition) is 3. The van der Waals surface area contributed by atoms with Crippen LogP contribution in [0.5, 0.6) is 0 Å². The van der Waals surface area contributed by atoms with Crippen LogP contribution in [0.1, 0.15) is 12.8 Å². The fourth-order valence-corrected chi connectivity index (χ4v) is 3.23. The Kier molecular flexibility index (Phi) is 2.84. The van der Waals surface area contributed by atoms with Gasteiger partial charge in [-0.3, -0.25) is 14.5 Å². The van der Waals surface area contributed by atoms with Crippen molar-refractivity contribution < 1.29 is 24.6 Å². The van der Waals surface area contributed by atoms with Gasteiger partial charge in [0.1, 0.15) is 5.70 Å². The number of β-lactam (4-membered cyclic amide) rings is 1. The van der Waals surface area contributed by atoms with Crippen molar-refractivity contribution in [3.05, 3.63) is 10.6 Å². The monoisotopic (exact) mass is 258 g/mol. The van der Waals surface area contributed by atoms with Crippen molar-refractivity contribution in [3.63, 3.8) is 0 Å². The first kappa shape index (κ1) is 11.9. The summed E-state index contributed by atoms with van der Waals surface area (Å²) in [6.07, 6.45) is -0.0847. The number of carbonyl (C=O) groups is 3. The van der Waals surface area contributed by atoms with Crippen molar-refractivity contribution in [3.8, 4) is 0 Å². The molecule has 0 radical (unpaired) electrons. The zero-order valence-corrected chi connectivity index (χ0v) is 9.44. The number of carbonyl (C=O) groups excluding carboxylic acids is 1. The molecule has 2 heterocycles. The minimum Gasteiger partial charge on any atom is -0.481 e. The Morgan fingerprint density at radius 1 is 1.53 bits per heavy atom. The van der Waals surface area contributed by atoms with Gasteiger partial charge in [0.2, 0.25) is 5.91 Å². The number of carboxylic acids is 2. The van der Waals surface area contributed by atoms with Crippen LogP contribution in [0.3, 0.4) is 0 Å². The number of amides is 1. The Hall–Kier alpha value is -1.54. The molecule has 2 rings (SSSR count). The molecule has 2 aliphatic heterocycles. The molecule has 0 aromatic heterocycles. The Morgan fingerprint density at radius 3 is 2.65 bits per heavy atom. The molecule has 2 aliphatic rings. The third-order valence-corrected chi connectivity index (χ3v) is 3.98. The summed E-state index contributed by atoms with van der Waals surface area (Å²) in [7, 11) is 0. The number of nitrogens with two attached hydrogens (primary N) is 1. The molecule has 0 aliphatic carbocycles. The smallest absolute Gasteiger partial charge is 0.353 e. The van der Waals surface area contributed by atoms with Crippen molar-refractivity contribution in [2.24, 2.45) is 5.73 Å². The van der Waals surface area contributed by atoms with E-state index in [0.29, 0.717) is 0 Å². The summed E-state index contributed by atoms with van der Waals surface area (Å²) in [5, 5.41) is 17.4. The van der Waals surface area contributed by atoms with Crippen LogP contribution in [0.15, 0.2) is 10.6 Å². The fourth-order valence-electron chi connectivity index (χ4n) is 1.82. The standard InChI is InChI=1S/C9H10N2O5S/c10-3(1-6(13)14)8-7(9(15)16)11-4(12)2-5(11)17-8/h3,5H,1-2,10H2,(H,13,14)(H,15,16)/t3?,5-/m1/s1. The van der Waals surface area contributed by atoms with E-state index in [1.54, 1.807) is 0 Å². The summed E-state index contributed by atoms with van der Waals surface area (Å²) in [5.41, 5.74) is 5.48. The third-order valence-electron chi connectivity index (χ3n) is 2.58. The average Bonchev–Trinajstić information content (AvgIpc) is 2.50. The fraction of sp³-hybridized carbons (Fsp3) is 0.444. The number of hydrogen-bond acceptors (Lipinski definition) is 5. The maximum absolute atomic E-state index is 11.3. The van der Waals surface area contributed by atoms with E-state index < -0.39 is 18.0 Å². The van der Waals surface area contributed by atoms with Gasteiger partial charge in [0.25, 0.3) is 0 Å². The molecule has 2 atom stereocenters. The van der Waals surface area contributed by atoms with E-state index in [-0.39, 0.29) is 34.7 Å². The van der Waals surface area contributed by atoms with E-state index in [4.69, 9.17) is 15.9 Å². The SMILES string of the molecule is NC(CC(=O)O)C1=C(C(=O)O)N2C(=O)C[C@H]2S1. The summed E-state index contributed by atoms with van der Waals surface area (Å²) in [6.45, 7) is 0. The second-order valence-corrected chi connectivity index (χ2v) is 4.98. The van der Waals surface area contributed by atoms with Gasteiger partial charge in [-0.05, 0) is 0 Å². The van der Waals surface area contributed by atoms with Crippen LogP contribution in [0.25, 0.3) is 0 Å². The molecular weight excluding hydrogens is 248 g/mol. The molecule has 4 N–H and O–H groups in total. The van der Waals surface area contributed by atoms with Gasteiger partial charge in [0, 0.05) is 10.9 Å². The number of aliphatic carboxylic acids is 2. The first-order valence-corrected chi connectivity index (χ1v) is 5.73. The van der Waals surface area contributed by atoms with Gasteiger partial charge in [-0.15, -0.1) is 11.8 Å². The van der Waals surface area contributed by atoms with E-state index in [1.807, 2.05) is 0 Å². The molecule has 1 unspecified atom stereocenters. The molecule has 1 amide bonds. The Morgan fingerprint density at radius 2 is 2.18 bits per heavy atom. The molecule has 1 fully saturated rings. The van der Waals surface area contributed by atoms with Crippen LogP contribution in [-0.4, -0.2) is 44.4 Å². The molecular formula is C9H10N2O5S. The molecule has 8 heteroatoms. The zero-order chi connectivity index (χ0) is 12.7. The average molecular weight is 258 g/mol. The molecule has 17 heavy (non-hydrogen) atoms. The first-order chi connectivity index (χ1) is 7.91. The number of nitrogens with zero attached hydrogens (tertiary/aromatic N) is 1. The van der Waals surface area contributed by atoms with E-state index in [9.17, 15) is 14.4 Å². The highest BCUT2D eigenvalue weighted by Crippen LogP contribution is 2.47. The van der Waals surface area contributed by atoms with Crippen molar-refractivity contribution >= 4 is 29.6 Å². The topological polar surface area (TPSA) is 121 Å².